The van der Waals surface area contributed by atoms with Crippen LogP contribution in [0.15, 0.2) is 68.9 Å². The molecule has 0 atom stereocenters. The van der Waals surface area contributed by atoms with Crippen molar-refractivity contribution in [1.29, 1.82) is 0 Å². The fourth-order valence-electron chi connectivity index (χ4n) is 3.82. The zero-order valence-corrected chi connectivity index (χ0v) is 18.8. The van der Waals surface area contributed by atoms with Crippen LogP contribution in [0.1, 0.15) is 12.8 Å². The lowest BCUT2D eigenvalue weighted by molar-refractivity contribution is -0.132. The van der Waals surface area contributed by atoms with E-state index in [1.807, 2.05) is 9.80 Å². The van der Waals surface area contributed by atoms with Crippen molar-refractivity contribution in [3.63, 3.8) is 0 Å². The molecular formula is C23H22ClN3O4S. The van der Waals surface area contributed by atoms with Crippen molar-refractivity contribution in [2.75, 3.05) is 31.1 Å². The van der Waals surface area contributed by atoms with Gasteiger partial charge in [-0.25, -0.2) is 8.42 Å². The van der Waals surface area contributed by atoms with Gasteiger partial charge in [0.15, 0.2) is 0 Å². The molecule has 2 aliphatic rings. The second kappa shape index (κ2) is 8.26. The first-order valence-corrected chi connectivity index (χ1v) is 12.4. The summed E-state index contributed by atoms with van der Waals surface area (Å²) >= 11 is 5.99. The number of anilines is 1. The van der Waals surface area contributed by atoms with Gasteiger partial charge in [-0.05, 0) is 49.2 Å². The van der Waals surface area contributed by atoms with Crippen LogP contribution >= 0.6 is 11.6 Å². The molecule has 166 valence electrons. The van der Waals surface area contributed by atoms with E-state index in [1.54, 1.807) is 54.6 Å². The Labute approximate surface area is 191 Å². The number of rotatable bonds is 5. The molecule has 2 aromatic carbocycles. The molecule has 0 unspecified atom stereocenters. The summed E-state index contributed by atoms with van der Waals surface area (Å²) < 4.78 is 32.9. The summed E-state index contributed by atoms with van der Waals surface area (Å²) in [5, 5.41) is 0.449. The Morgan fingerprint density at radius 3 is 2.25 bits per heavy atom. The molecule has 5 rings (SSSR count). The molecule has 1 saturated carbocycles. The number of nitrogens with zero attached hydrogens (tertiary/aromatic N) is 3. The van der Waals surface area contributed by atoms with Crippen LogP contribution in [-0.4, -0.2) is 50.4 Å². The lowest BCUT2D eigenvalue weighted by Gasteiger charge is -2.34. The molecular weight excluding hydrogens is 450 g/mol. The number of oxazole rings is 1. The first-order valence-electron chi connectivity index (χ1n) is 10.5. The second-order valence-corrected chi connectivity index (χ2v) is 10.3. The van der Waals surface area contributed by atoms with Crippen molar-refractivity contribution < 1.29 is 17.6 Å². The van der Waals surface area contributed by atoms with Gasteiger partial charge >= 0.3 is 0 Å². The van der Waals surface area contributed by atoms with Crippen LogP contribution in [0, 0.1) is 5.92 Å². The summed E-state index contributed by atoms with van der Waals surface area (Å²) in [7, 11) is -3.90. The third kappa shape index (κ3) is 4.00. The Hall–Kier alpha value is -2.84. The minimum absolute atomic E-state index is 0.115. The molecule has 0 N–H and O–H groups in total. The number of aromatic nitrogens is 1. The van der Waals surface area contributed by atoms with E-state index in [-0.39, 0.29) is 33.5 Å². The molecule has 32 heavy (non-hydrogen) atoms. The van der Waals surface area contributed by atoms with E-state index in [0.717, 1.165) is 12.8 Å². The Kier molecular flexibility index (Phi) is 5.43. The van der Waals surface area contributed by atoms with E-state index in [1.165, 1.54) is 0 Å². The van der Waals surface area contributed by atoms with Gasteiger partial charge in [0.1, 0.15) is 0 Å². The van der Waals surface area contributed by atoms with E-state index in [2.05, 4.69) is 4.98 Å². The summed E-state index contributed by atoms with van der Waals surface area (Å²) in [4.78, 5) is 20.7. The Morgan fingerprint density at radius 1 is 0.969 bits per heavy atom. The molecule has 1 aromatic heterocycles. The van der Waals surface area contributed by atoms with E-state index in [4.69, 9.17) is 16.0 Å². The van der Waals surface area contributed by atoms with Gasteiger partial charge in [-0.3, -0.25) is 4.79 Å². The highest BCUT2D eigenvalue weighted by molar-refractivity contribution is 7.91. The van der Waals surface area contributed by atoms with Gasteiger partial charge in [0.25, 0.3) is 0 Å². The van der Waals surface area contributed by atoms with Crippen LogP contribution in [-0.2, 0) is 14.6 Å². The average Bonchev–Trinajstić information content (AvgIpc) is 3.57. The van der Waals surface area contributed by atoms with Gasteiger partial charge in [-0.15, -0.1) is 0 Å². The van der Waals surface area contributed by atoms with Crippen molar-refractivity contribution in [1.82, 2.24) is 9.88 Å². The first kappa shape index (κ1) is 21.0. The standard InChI is InChI=1S/C23H22ClN3O4S/c24-18-10-8-16(9-11-18)20-25-21(32(29,30)19-4-2-1-3-5-19)23(31-20)27-14-12-26(13-15-27)22(28)17-6-7-17/h1-5,8-11,17H,6-7,12-15H2. The highest BCUT2D eigenvalue weighted by atomic mass is 35.5. The normalized spacial score (nSPS) is 16.9. The van der Waals surface area contributed by atoms with Gasteiger partial charge in [0.05, 0.1) is 4.90 Å². The number of sulfone groups is 1. The molecule has 2 fully saturated rings. The number of carbonyl (C=O) groups excluding carboxylic acids is 1. The third-order valence-electron chi connectivity index (χ3n) is 5.78. The maximum atomic E-state index is 13.4. The van der Waals surface area contributed by atoms with E-state index in [0.29, 0.717) is 36.8 Å². The van der Waals surface area contributed by atoms with Gasteiger partial charge in [-0.1, -0.05) is 29.8 Å². The Bertz CT molecular complexity index is 1230. The zero-order chi connectivity index (χ0) is 22.3. The summed E-state index contributed by atoms with van der Waals surface area (Å²) in [6, 6.07) is 15.1. The fraction of sp³-hybridized carbons (Fsp3) is 0.304. The zero-order valence-electron chi connectivity index (χ0n) is 17.3. The molecule has 0 spiro atoms. The monoisotopic (exact) mass is 471 g/mol. The van der Waals surface area contributed by atoms with E-state index < -0.39 is 9.84 Å². The van der Waals surface area contributed by atoms with Crippen LogP contribution in [0.2, 0.25) is 5.02 Å². The first-order chi connectivity index (χ1) is 15.4. The van der Waals surface area contributed by atoms with Gasteiger partial charge in [0.2, 0.25) is 32.5 Å². The lowest BCUT2D eigenvalue weighted by Crippen LogP contribution is -2.49. The molecule has 0 radical (unpaired) electrons. The summed E-state index contributed by atoms with van der Waals surface area (Å²) in [6.07, 6.45) is 1.93. The quantitative estimate of drug-likeness (QED) is 0.561. The number of hydrogen-bond acceptors (Lipinski definition) is 6. The Morgan fingerprint density at radius 2 is 1.62 bits per heavy atom. The fourth-order valence-corrected chi connectivity index (χ4v) is 5.29. The van der Waals surface area contributed by atoms with Crippen molar-refractivity contribution in [3.05, 3.63) is 59.6 Å². The molecule has 1 aliphatic heterocycles. The summed E-state index contributed by atoms with van der Waals surface area (Å²) in [5.74, 6) is 0.776. The van der Waals surface area contributed by atoms with Crippen LogP contribution in [0.4, 0.5) is 5.88 Å². The van der Waals surface area contributed by atoms with Crippen molar-refractivity contribution in [2.45, 2.75) is 22.8 Å². The predicted octanol–water partition coefficient (Wildman–Crippen LogP) is 3.89. The third-order valence-corrected chi connectivity index (χ3v) is 7.70. The smallest absolute Gasteiger partial charge is 0.236 e. The number of hydrogen-bond donors (Lipinski definition) is 0. The van der Waals surface area contributed by atoms with Gasteiger partial charge < -0.3 is 14.2 Å². The SMILES string of the molecule is O=C(C1CC1)N1CCN(c2oc(-c3ccc(Cl)cc3)nc2S(=O)(=O)c2ccccc2)CC1. The van der Waals surface area contributed by atoms with Crippen LogP contribution < -0.4 is 4.90 Å². The number of carbonyl (C=O) groups is 1. The van der Waals surface area contributed by atoms with Crippen LogP contribution in [0.25, 0.3) is 11.5 Å². The number of halogens is 1. The molecule has 1 amide bonds. The summed E-state index contributed by atoms with van der Waals surface area (Å²) in [5.41, 5.74) is 0.632. The van der Waals surface area contributed by atoms with E-state index in [9.17, 15) is 13.2 Å². The van der Waals surface area contributed by atoms with Crippen LogP contribution in [0.5, 0.6) is 0 Å². The number of amides is 1. The Balaban J connectivity index is 1.50. The van der Waals surface area contributed by atoms with Gasteiger partial charge in [0, 0.05) is 42.7 Å². The molecule has 2 heterocycles. The highest BCUT2D eigenvalue weighted by Crippen LogP contribution is 2.36. The maximum absolute atomic E-state index is 13.4. The van der Waals surface area contributed by atoms with Crippen molar-refractivity contribution in [2.24, 2.45) is 5.92 Å². The van der Waals surface area contributed by atoms with Gasteiger partial charge in [-0.2, -0.15) is 4.98 Å². The maximum Gasteiger partial charge on any atom is 0.236 e. The highest BCUT2D eigenvalue weighted by Gasteiger charge is 2.37. The van der Waals surface area contributed by atoms with Crippen molar-refractivity contribution >= 4 is 33.2 Å². The van der Waals surface area contributed by atoms with Crippen molar-refractivity contribution in [3.8, 4) is 11.5 Å². The molecule has 1 aliphatic carbocycles. The lowest BCUT2D eigenvalue weighted by atomic mass is 10.2. The molecule has 0 bridgehead atoms. The molecule has 7 nitrogen and oxygen atoms in total. The predicted molar refractivity (Wildman–Crippen MR) is 120 cm³/mol. The second-order valence-electron chi connectivity index (χ2n) is 8.04. The largest absolute Gasteiger partial charge is 0.419 e. The minimum atomic E-state index is -3.90. The number of benzene rings is 2. The molecule has 9 heteroatoms. The summed E-state index contributed by atoms with van der Waals surface area (Å²) in [6.45, 7) is 2.00. The van der Waals surface area contributed by atoms with E-state index >= 15 is 0 Å². The molecule has 3 aromatic rings. The average molecular weight is 472 g/mol. The minimum Gasteiger partial charge on any atom is -0.419 e. The van der Waals surface area contributed by atoms with Crippen LogP contribution in [0.3, 0.4) is 0 Å². The molecule has 1 saturated heterocycles. The topological polar surface area (TPSA) is 83.7 Å². The number of piperazine rings is 1.